The zero-order valence-electron chi connectivity index (χ0n) is 20.3. The van der Waals surface area contributed by atoms with E-state index >= 15 is 0 Å². The van der Waals surface area contributed by atoms with Crippen LogP contribution in [0.5, 0.6) is 0 Å². The lowest BCUT2D eigenvalue weighted by molar-refractivity contribution is 0.0428. The Morgan fingerprint density at radius 3 is 2.29 bits per heavy atom. The highest BCUT2D eigenvalue weighted by atomic mass is 16.5. The molecule has 2 heterocycles. The summed E-state index contributed by atoms with van der Waals surface area (Å²) < 4.78 is 10.1. The fraction of sp³-hybridized carbons (Fsp3) is 0.625. The number of hydrogen-bond donors (Lipinski definition) is 3. The van der Waals surface area contributed by atoms with E-state index in [1.54, 1.807) is 12.1 Å². The third-order valence-corrected chi connectivity index (χ3v) is 6.96. The van der Waals surface area contributed by atoms with E-state index in [4.69, 9.17) is 15.2 Å². The lowest BCUT2D eigenvalue weighted by Crippen LogP contribution is -2.54. The van der Waals surface area contributed by atoms with Crippen molar-refractivity contribution in [2.75, 3.05) is 69.8 Å². The summed E-state index contributed by atoms with van der Waals surface area (Å²) in [7, 11) is 1.30. The summed E-state index contributed by atoms with van der Waals surface area (Å²) in [6.07, 6.45) is 2.93. The van der Waals surface area contributed by atoms with Gasteiger partial charge in [-0.25, -0.2) is 9.59 Å². The Kier molecular flexibility index (Phi) is 8.29. The molecule has 4 amide bonds. The minimum absolute atomic E-state index is 0.0385. The number of carbonyl (C=O) groups excluding carboxylic acids is 3. The zero-order valence-corrected chi connectivity index (χ0v) is 20.3. The molecule has 0 aromatic heterocycles. The molecule has 4 N–H and O–H groups in total. The van der Waals surface area contributed by atoms with Crippen LogP contribution in [0.3, 0.4) is 0 Å². The first kappa shape index (κ1) is 25.1. The highest BCUT2D eigenvalue weighted by Gasteiger charge is 2.28. The monoisotopic (exact) mass is 488 g/mol. The Balaban J connectivity index is 1.42. The fourth-order valence-electron chi connectivity index (χ4n) is 4.84. The predicted molar refractivity (Wildman–Crippen MR) is 132 cm³/mol. The number of morpholine rings is 1. The number of nitrogens with one attached hydrogen (secondary N) is 2. The second kappa shape index (κ2) is 11.6. The van der Waals surface area contributed by atoms with E-state index in [0.29, 0.717) is 63.7 Å². The van der Waals surface area contributed by atoms with Crippen LogP contribution in [0.15, 0.2) is 18.2 Å². The van der Waals surface area contributed by atoms with Gasteiger partial charge in [-0.1, -0.05) is 0 Å². The lowest BCUT2D eigenvalue weighted by Gasteiger charge is -2.39. The molecular formula is C24H36N6O5. The van der Waals surface area contributed by atoms with Crippen molar-refractivity contribution in [1.29, 1.82) is 0 Å². The topological polar surface area (TPSA) is 129 Å². The molecule has 1 aliphatic carbocycles. The zero-order chi connectivity index (χ0) is 24.8. The van der Waals surface area contributed by atoms with Gasteiger partial charge in [0.05, 0.1) is 31.7 Å². The van der Waals surface area contributed by atoms with Crippen molar-refractivity contribution < 1.29 is 23.9 Å². The first-order valence-electron chi connectivity index (χ1n) is 12.4. The van der Waals surface area contributed by atoms with Crippen LogP contribution in [0.1, 0.15) is 36.0 Å². The van der Waals surface area contributed by atoms with Crippen molar-refractivity contribution in [1.82, 2.24) is 15.1 Å². The molecule has 35 heavy (non-hydrogen) atoms. The van der Waals surface area contributed by atoms with Crippen molar-refractivity contribution in [3.05, 3.63) is 23.8 Å². The minimum atomic E-state index is -0.605. The number of urea groups is 1. The molecule has 11 heteroatoms. The molecular weight excluding hydrogens is 452 g/mol. The Hall–Kier alpha value is -3.05. The van der Waals surface area contributed by atoms with Gasteiger partial charge in [-0.15, -0.1) is 0 Å². The van der Waals surface area contributed by atoms with E-state index in [1.807, 2.05) is 15.9 Å². The van der Waals surface area contributed by atoms with Crippen molar-refractivity contribution in [3.8, 4) is 0 Å². The quantitative estimate of drug-likeness (QED) is 0.585. The van der Waals surface area contributed by atoms with Gasteiger partial charge in [-0.3, -0.25) is 10.1 Å². The van der Waals surface area contributed by atoms with Crippen LogP contribution in [0.4, 0.5) is 21.0 Å². The lowest BCUT2D eigenvalue weighted by atomic mass is 9.91. The number of anilines is 2. The molecule has 1 aromatic rings. The van der Waals surface area contributed by atoms with E-state index in [9.17, 15) is 14.4 Å². The molecule has 0 atom stereocenters. The van der Waals surface area contributed by atoms with Crippen LogP contribution in [0.2, 0.25) is 0 Å². The molecule has 192 valence electrons. The first-order valence-corrected chi connectivity index (χ1v) is 12.4. The summed E-state index contributed by atoms with van der Waals surface area (Å²) in [6, 6.07) is 5.65. The molecule has 4 rings (SSSR count). The molecule has 0 radical (unpaired) electrons. The molecule has 1 aromatic carbocycles. The van der Waals surface area contributed by atoms with Gasteiger partial charge in [0.1, 0.15) is 0 Å². The molecule has 1 saturated carbocycles. The SMILES string of the molecule is COC(=O)Nc1cc(C(=O)NC2CCC(N)CC2)ccc1N1CCN(C(=O)N2CCOCC2)CC1. The number of methoxy groups -OCH3 is 1. The maximum atomic E-state index is 12.9. The fourth-order valence-corrected chi connectivity index (χ4v) is 4.84. The van der Waals surface area contributed by atoms with Crippen LogP contribution >= 0.6 is 0 Å². The standard InChI is InChI=1S/C24H36N6O5/c1-34-23(32)27-20-16-17(22(31)26-19-5-3-18(25)4-6-19)2-7-21(20)28-8-10-29(11-9-28)24(33)30-12-14-35-15-13-30/h2,7,16,18-19H,3-6,8-15,25H2,1H3,(H,26,31)(H,27,32). The van der Waals surface area contributed by atoms with Crippen molar-refractivity contribution >= 4 is 29.4 Å². The van der Waals surface area contributed by atoms with E-state index < -0.39 is 6.09 Å². The van der Waals surface area contributed by atoms with Gasteiger partial charge in [0, 0.05) is 56.9 Å². The Morgan fingerprint density at radius 2 is 1.63 bits per heavy atom. The van der Waals surface area contributed by atoms with Crippen LogP contribution < -0.4 is 21.3 Å². The molecule has 3 fully saturated rings. The van der Waals surface area contributed by atoms with E-state index in [-0.39, 0.29) is 24.0 Å². The number of benzene rings is 1. The second-order valence-electron chi connectivity index (χ2n) is 9.29. The maximum absolute atomic E-state index is 12.9. The molecule has 3 aliphatic rings. The number of nitrogens with zero attached hydrogens (tertiary/aromatic N) is 3. The Bertz CT molecular complexity index is 906. The maximum Gasteiger partial charge on any atom is 0.411 e. The number of hydrogen-bond acceptors (Lipinski definition) is 7. The van der Waals surface area contributed by atoms with Crippen molar-refractivity contribution in [2.45, 2.75) is 37.8 Å². The van der Waals surface area contributed by atoms with E-state index in [1.165, 1.54) is 7.11 Å². The second-order valence-corrected chi connectivity index (χ2v) is 9.29. The third-order valence-electron chi connectivity index (χ3n) is 6.96. The van der Waals surface area contributed by atoms with Gasteiger partial charge in [0.15, 0.2) is 0 Å². The van der Waals surface area contributed by atoms with Gasteiger partial charge in [-0.2, -0.15) is 0 Å². The highest BCUT2D eigenvalue weighted by Crippen LogP contribution is 2.29. The van der Waals surface area contributed by atoms with Crippen LogP contribution in [0, 0.1) is 0 Å². The summed E-state index contributed by atoms with van der Waals surface area (Å²) in [5.41, 5.74) is 7.73. The smallest absolute Gasteiger partial charge is 0.411 e. The summed E-state index contributed by atoms with van der Waals surface area (Å²) in [5.74, 6) is -0.175. The van der Waals surface area contributed by atoms with Crippen LogP contribution in [-0.2, 0) is 9.47 Å². The number of rotatable bonds is 4. The van der Waals surface area contributed by atoms with Gasteiger partial charge < -0.3 is 35.2 Å². The predicted octanol–water partition coefficient (Wildman–Crippen LogP) is 1.44. The molecule has 0 unspecified atom stereocenters. The summed E-state index contributed by atoms with van der Waals surface area (Å²) in [4.78, 5) is 43.5. The Morgan fingerprint density at radius 1 is 0.971 bits per heavy atom. The van der Waals surface area contributed by atoms with Crippen molar-refractivity contribution in [2.24, 2.45) is 5.73 Å². The molecule has 2 saturated heterocycles. The highest BCUT2D eigenvalue weighted by molar-refractivity contribution is 5.98. The number of ether oxygens (including phenoxy) is 2. The first-order chi connectivity index (χ1) is 16.9. The van der Waals surface area contributed by atoms with Crippen LogP contribution in [-0.4, -0.2) is 99.5 Å². The Labute approximate surface area is 205 Å². The minimum Gasteiger partial charge on any atom is -0.453 e. The van der Waals surface area contributed by atoms with Gasteiger partial charge in [0.2, 0.25) is 0 Å². The third kappa shape index (κ3) is 6.34. The summed E-state index contributed by atoms with van der Waals surface area (Å²) in [6.45, 7) is 4.73. The number of nitrogens with two attached hydrogens (primary N) is 1. The molecule has 0 bridgehead atoms. The number of carbonyl (C=O) groups is 3. The van der Waals surface area contributed by atoms with E-state index in [2.05, 4.69) is 15.5 Å². The largest absolute Gasteiger partial charge is 0.453 e. The van der Waals surface area contributed by atoms with Gasteiger partial charge in [-0.05, 0) is 43.9 Å². The average Bonchev–Trinajstić information content (AvgIpc) is 2.90. The van der Waals surface area contributed by atoms with Crippen molar-refractivity contribution in [3.63, 3.8) is 0 Å². The summed E-state index contributed by atoms with van der Waals surface area (Å²) in [5, 5.41) is 5.83. The normalized spacial score (nSPS) is 23.0. The molecule has 11 nitrogen and oxygen atoms in total. The van der Waals surface area contributed by atoms with Gasteiger partial charge in [0.25, 0.3) is 5.91 Å². The summed E-state index contributed by atoms with van der Waals surface area (Å²) >= 11 is 0. The number of piperazine rings is 1. The van der Waals surface area contributed by atoms with E-state index in [0.717, 1.165) is 31.4 Å². The van der Waals surface area contributed by atoms with Gasteiger partial charge >= 0.3 is 12.1 Å². The number of amides is 4. The molecule has 2 aliphatic heterocycles. The average molecular weight is 489 g/mol. The molecule has 0 spiro atoms. The van der Waals surface area contributed by atoms with Crippen LogP contribution in [0.25, 0.3) is 0 Å².